The van der Waals surface area contributed by atoms with Gasteiger partial charge in [-0.3, -0.25) is 4.99 Å². The number of rotatable bonds is 3. The maximum Gasteiger partial charge on any atom is 0.0339 e. The highest BCUT2D eigenvalue weighted by atomic mass is 14.8. The normalized spacial score (nSPS) is 9.50. The summed E-state index contributed by atoms with van der Waals surface area (Å²) < 4.78 is 0. The van der Waals surface area contributed by atoms with Gasteiger partial charge in [0.1, 0.15) is 0 Å². The standard InChI is InChI=1S/C8H14N2/c1-7(2)8(10-4)5-6-9-3/h5-6,10H,3H2,1-2,4H3/b6-5-. The molecular formula is C8H14N2. The van der Waals surface area contributed by atoms with Crippen LogP contribution in [0.15, 0.2) is 28.5 Å². The van der Waals surface area contributed by atoms with E-state index in [2.05, 4.69) is 17.0 Å². The Hall–Kier alpha value is -1.05. The molecule has 0 fully saturated rings. The van der Waals surface area contributed by atoms with Crippen LogP contribution >= 0.6 is 0 Å². The largest absolute Gasteiger partial charge is 0.388 e. The van der Waals surface area contributed by atoms with Crippen LogP contribution in [-0.2, 0) is 0 Å². The van der Waals surface area contributed by atoms with Crippen molar-refractivity contribution < 1.29 is 0 Å². The second-order valence-electron chi connectivity index (χ2n) is 2.16. The predicted molar refractivity (Wildman–Crippen MR) is 46.1 cm³/mol. The van der Waals surface area contributed by atoms with E-state index in [1.54, 1.807) is 6.20 Å². The Kier molecular flexibility index (Phi) is 4.29. The predicted octanol–water partition coefficient (Wildman–Crippen LogP) is 1.71. The Balaban J connectivity index is 4.23. The molecule has 0 aromatic heterocycles. The van der Waals surface area contributed by atoms with Gasteiger partial charge in [0.15, 0.2) is 0 Å². The molecule has 0 heterocycles. The summed E-state index contributed by atoms with van der Waals surface area (Å²) in [5.74, 6) is 0. The molecule has 2 heteroatoms. The van der Waals surface area contributed by atoms with Crippen molar-refractivity contribution in [1.29, 1.82) is 0 Å². The molecule has 0 spiro atoms. The molecule has 0 aliphatic heterocycles. The second-order valence-corrected chi connectivity index (χ2v) is 2.16. The van der Waals surface area contributed by atoms with Gasteiger partial charge in [0.05, 0.1) is 0 Å². The number of hydrogen-bond donors (Lipinski definition) is 1. The minimum absolute atomic E-state index is 1.09. The van der Waals surface area contributed by atoms with Gasteiger partial charge >= 0.3 is 0 Å². The van der Waals surface area contributed by atoms with Crippen LogP contribution in [0.4, 0.5) is 0 Å². The number of hydrogen-bond acceptors (Lipinski definition) is 2. The number of allylic oxidation sites excluding steroid dienone is 2. The molecule has 0 amide bonds. The van der Waals surface area contributed by atoms with Crippen LogP contribution in [-0.4, -0.2) is 13.8 Å². The van der Waals surface area contributed by atoms with Gasteiger partial charge in [-0.1, -0.05) is 5.57 Å². The SMILES string of the molecule is C=N/C=C\C(NC)=C(C)C. The van der Waals surface area contributed by atoms with Gasteiger partial charge in [0.25, 0.3) is 0 Å². The summed E-state index contributed by atoms with van der Waals surface area (Å²) in [6, 6.07) is 0. The Morgan fingerprint density at radius 1 is 1.50 bits per heavy atom. The molecule has 0 rings (SSSR count). The maximum absolute atomic E-state index is 3.60. The Bertz CT molecular complexity index is 162. The van der Waals surface area contributed by atoms with E-state index in [1.165, 1.54) is 5.57 Å². The lowest BCUT2D eigenvalue weighted by atomic mass is 10.2. The minimum Gasteiger partial charge on any atom is -0.388 e. The van der Waals surface area contributed by atoms with Gasteiger partial charge in [-0.15, -0.1) is 0 Å². The van der Waals surface area contributed by atoms with Gasteiger partial charge in [-0.05, 0) is 26.6 Å². The van der Waals surface area contributed by atoms with Crippen molar-refractivity contribution in [2.45, 2.75) is 13.8 Å². The van der Waals surface area contributed by atoms with E-state index in [9.17, 15) is 0 Å². The molecule has 0 saturated carbocycles. The first-order valence-electron chi connectivity index (χ1n) is 3.20. The second kappa shape index (κ2) is 4.79. The van der Waals surface area contributed by atoms with E-state index in [0.717, 1.165) is 5.70 Å². The first-order valence-corrected chi connectivity index (χ1v) is 3.20. The number of likely N-dealkylation sites (N-methyl/N-ethyl adjacent to an activating group) is 1. The third kappa shape index (κ3) is 3.07. The lowest BCUT2D eigenvalue weighted by molar-refractivity contribution is 0.997. The minimum atomic E-state index is 1.09. The van der Waals surface area contributed by atoms with E-state index in [1.807, 2.05) is 27.0 Å². The molecule has 56 valence electrons. The third-order valence-electron chi connectivity index (χ3n) is 1.15. The van der Waals surface area contributed by atoms with Crippen molar-refractivity contribution in [1.82, 2.24) is 5.32 Å². The lowest BCUT2D eigenvalue weighted by Gasteiger charge is -2.01. The molecule has 2 nitrogen and oxygen atoms in total. The smallest absolute Gasteiger partial charge is 0.0339 e. The molecule has 0 aliphatic rings. The summed E-state index contributed by atoms with van der Waals surface area (Å²) in [4.78, 5) is 3.60. The highest BCUT2D eigenvalue weighted by molar-refractivity contribution is 5.28. The van der Waals surface area contributed by atoms with Crippen molar-refractivity contribution >= 4 is 6.72 Å². The van der Waals surface area contributed by atoms with Crippen LogP contribution in [0.2, 0.25) is 0 Å². The Labute approximate surface area is 62.4 Å². The molecule has 0 aromatic rings. The topological polar surface area (TPSA) is 24.4 Å². The number of nitrogens with zero attached hydrogens (tertiary/aromatic N) is 1. The van der Waals surface area contributed by atoms with Crippen molar-refractivity contribution in [3.05, 3.63) is 23.5 Å². The van der Waals surface area contributed by atoms with Crippen molar-refractivity contribution in [3.63, 3.8) is 0 Å². The first kappa shape index (κ1) is 8.95. The molecule has 1 N–H and O–H groups in total. The molecule has 0 bridgehead atoms. The summed E-state index contributed by atoms with van der Waals surface area (Å²) >= 11 is 0. The monoisotopic (exact) mass is 138 g/mol. The maximum atomic E-state index is 3.60. The third-order valence-corrected chi connectivity index (χ3v) is 1.15. The van der Waals surface area contributed by atoms with Crippen LogP contribution in [0.1, 0.15) is 13.8 Å². The van der Waals surface area contributed by atoms with Gasteiger partial charge < -0.3 is 5.32 Å². The van der Waals surface area contributed by atoms with Crippen LogP contribution in [0, 0.1) is 0 Å². The zero-order valence-corrected chi connectivity index (χ0v) is 6.81. The highest BCUT2D eigenvalue weighted by Crippen LogP contribution is 1.99. The van der Waals surface area contributed by atoms with E-state index >= 15 is 0 Å². The van der Waals surface area contributed by atoms with E-state index in [-0.39, 0.29) is 0 Å². The van der Waals surface area contributed by atoms with Gasteiger partial charge in [0, 0.05) is 18.9 Å². The fraction of sp³-hybridized carbons (Fsp3) is 0.375. The van der Waals surface area contributed by atoms with Crippen molar-refractivity contribution in [2.24, 2.45) is 4.99 Å². The average molecular weight is 138 g/mol. The quantitative estimate of drug-likeness (QED) is 0.466. The van der Waals surface area contributed by atoms with E-state index < -0.39 is 0 Å². The zero-order chi connectivity index (χ0) is 7.98. The summed E-state index contributed by atoms with van der Waals surface area (Å²) in [6.45, 7) is 7.42. The highest BCUT2D eigenvalue weighted by Gasteiger charge is 1.87. The fourth-order valence-corrected chi connectivity index (χ4v) is 0.627. The molecule has 0 unspecified atom stereocenters. The van der Waals surface area contributed by atoms with Crippen LogP contribution in [0.25, 0.3) is 0 Å². The van der Waals surface area contributed by atoms with Crippen molar-refractivity contribution in [3.8, 4) is 0 Å². The molecule has 0 atom stereocenters. The molecule has 0 radical (unpaired) electrons. The zero-order valence-electron chi connectivity index (χ0n) is 6.81. The summed E-state index contributed by atoms with van der Waals surface area (Å²) in [5, 5.41) is 3.04. The van der Waals surface area contributed by atoms with Gasteiger partial charge in [-0.2, -0.15) is 0 Å². The Morgan fingerprint density at radius 2 is 2.10 bits per heavy atom. The molecule has 0 aliphatic carbocycles. The first-order chi connectivity index (χ1) is 4.72. The van der Waals surface area contributed by atoms with Gasteiger partial charge in [-0.25, -0.2) is 0 Å². The van der Waals surface area contributed by atoms with Crippen LogP contribution < -0.4 is 5.32 Å². The van der Waals surface area contributed by atoms with E-state index in [4.69, 9.17) is 0 Å². The molecule has 10 heavy (non-hydrogen) atoms. The lowest BCUT2D eigenvalue weighted by Crippen LogP contribution is -2.04. The van der Waals surface area contributed by atoms with E-state index in [0.29, 0.717) is 0 Å². The fourth-order valence-electron chi connectivity index (χ4n) is 0.627. The summed E-state index contributed by atoms with van der Waals surface area (Å²) in [6.07, 6.45) is 3.56. The number of aliphatic imine (C=N–C) groups is 1. The average Bonchev–Trinajstić information content (AvgIpc) is 1.89. The van der Waals surface area contributed by atoms with Crippen LogP contribution in [0.3, 0.4) is 0 Å². The molecule has 0 aromatic carbocycles. The Morgan fingerprint density at radius 3 is 2.40 bits per heavy atom. The van der Waals surface area contributed by atoms with Crippen LogP contribution in [0.5, 0.6) is 0 Å². The molecule has 0 saturated heterocycles. The van der Waals surface area contributed by atoms with Crippen molar-refractivity contribution in [2.75, 3.05) is 7.05 Å². The molecular weight excluding hydrogens is 124 g/mol. The van der Waals surface area contributed by atoms with Gasteiger partial charge in [0.2, 0.25) is 0 Å². The summed E-state index contributed by atoms with van der Waals surface area (Å²) in [5.41, 5.74) is 2.33. The summed E-state index contributed by atoms with van der Waals surface area (Å²) in [7, 11) is 1.88. The number of nitrogens with one attached hydrogen (secondary N) is 1.